The van der Waals surface area contributed by atoms with Crippen molar-refractivity contribution in [3.8, 4) is 0 Å². The van der Waals surface area contributed by atoms with Crippen LogP contribution in [0.5, 0.6) is 0 Å². The van der Waals surface area contributed by atoms with Crippen LogP contribution in [-0.4, -0.2) is 50.0 Å². The molecule has 0 heterocycles. The number of methoxy groups -OCH3 is 1. The molecule has 1 aromatic carbocycles. The van der Waals surface area contributed by atoms with Crippen LogP contribution in [0.3, 0.4) is 0 Å². The second-order valence-electron chi connectivity index (χ2n) is 10.5. The van der Waals surface area contributed by atoms with Crippen molar-refractivity contribution < 1.29 is 32.3 Å². The zero-order valence-corrected chi connectivity index (χ0v) is 24.1. The Kier molecular flexibility index (Phi) is 12.9. The zero-order chi connectivity index (χ0) is 28.3. The average Bonchev–Trinajstić information content (AvgIpc) is 3.15. The molecule has 0 bridgehead atoms. The second kappa shape index (κ2) is 15.4. The standard InChI is InChI=1S/C30H44O7S/c1-21(2)12-15-23(4)27(31)19-18-25-26(10-8-6-7-9-11-30(33)36-5)29(20-28(25)32)37-38(34,35)24-16-13-22(3)14-17-24/h6,8,12-14,16-19,23,25-29,31-32H,7,9-11,15,20H2,1-5H3/b8-6-,19-18+/t23?,25-,26-,27-,28-,29-/m1/s1. The van der Waals surface area contributed by atoms with Crippen LogP contribution in [0, 0.1) is 24.7 Å². The fourth-order valence-electron chi connectivity index (χ4n) is 4.55. The Bertz CT molecular complexity index is 1070. The molecule has 8 heteroatoms. The van der Waals surface area contributed by atoms with Crippen molar-refractivity contribution >= 4 is 16.1 Å². The summed E-state index contributed by atoms with van der Waals surface area (Å²) in [7, 11) is -2.66. The van der Waals surface area contributed by atoms with Gasteiger partial charge in [0.15, 0.2) is 0 Å². The minimum Gasteiger partial charge on any atom is -0.469 e. The van der Waals surface area contributed by atoms with Crippen molar-refractivity contribution in [2.75, 3.05) is 7.11 Å². The molecule has 0 spiro atoms. The molecule has 38 heavy (non-hydrogen) atoms. The van der Waals surface area contributed by atoms with Crippen LogP contribution in [-0.2, 0) is 23.8 Å². The fourth-order valence-corrected chi connectivity index (χ4v) is 5.67. The number of benzene rings is 1. The molecule has 1 aliphatic carbocycles. The van der Waals surface area contributed by atoms with Crippen molar-refractivity contribution in [2.24, 2.45) is 17.8 Å². The van der Waals surface area contributed by atoms with E-state index in [9.17, 15) is 23.4 Å². The van der Waals surface area contributed by atoms with Gasteiger partial charge in [-0.25, -0.2) is 0 Å². The molecule has 212 valence electrons. The first-order valence-corrected chi connectivity index (χ1v) is 14.7. The highest BCUT2D eigenvalue weighted by Crippen LogP contribution is 2.40. The highest BCUT2D eigenvalue weighted by molar-refractivity contribution is 7.86. The zero-order valence-electron chi connectivity index (χ0n) is 23.2. The molecular formula is C30H44O7S. The van der Waals surface area contributed by atoms with Gasteiger partial charge in [-0.3, -0.25) is 8.98 Å². The Morgan fingerprint density at radius 2 is 1.87 bits per heavy atom. The molecule has 1 unspecified atom stereocenters. The van der Waals surface area contributed by atoms with E-state index in [-0.39, 0.29) is 35.0 Å². The summed E-state index contributed by atoms with van der Waals surface area (Å²) >= 11 is 0. The summed E-state index contributed by atoms with van der Waals surface area (Å²) in [6.07, 6.45) is 10.4. The minimum absolute atomic E-state index is 0.00168. The third kappa shape index (κ3) is 10.1. The van der Waals surface area contributed by atoms with Crippen LogP contribution in [0.1, 0.15) is 64.9 Å². The first-order valence-electron chi connectivity index (χ1n) is 13.3. The molecule has 0 amide bonds. The largest absolute Gasteiger partial charge is 0.469 e. The summed E-state index contributed by atoms with van der Waals surface area (Å²) < 4.78 is 36.4. The van der Waals surface area contributed by atoms with E-state index in [1.807, 2.05) is 45.9 Å². The van der Waals surface area contributed by atoms with Crippen LogP contribution >= 0.6 is 0 Å². The summed E-state index contributed by atoms with van der Waals surface area (Å²) in [5.41, 5.74) is 2.13. The van der Waals surface area contributed by atoms with E-state index in [1.54, 1.807) is 18.2 Å². The van der Waals surface area contributed by atoms with Gasteiger partial charge in [-0.15, -0.1) is 0 Å². The van der Waals surface area contributed by atoms with Gasteiger partial charge < -0.3 is 14.9 Å². The van der Waals surface area contributed by atoms with Gasteiger partial charge in [0.2, 0.25) is 0 Å². The highest BCUT2D eigenvalue weighted by atomic mass is 32.2. The van der Waals surface area contributed by atoms with Gasteiger partial charge in [-0.1, -0.05) is 60.6 Å². The first kappa shape index (κ1) is 32.0. The second-order valence-corrected chi connectivity index (χ2v) is 12.1. The number of unbranched alkanes of at least 4 members (excludes halogenated alkanes) is 1. The van der Waals surface area contributed by atoms with Crippen molar-refractivity contribution in [2.45, 2.75) is 89.4 Å². The summed E-state index contributed by atoms with van der Waals surface area (Å²) in [5.74, 6) is -0.937. The number of ether oxygens (including phenoxy) is 1. The average molecular weight is 549 g/mol. The molecule has 1 aliphatic rings. The summed E-state index contributed by atoms with van der Waals surface area (Å²) in [6.45, 7) is 7.88. The van der Waals surface area contributed by atoms with E-state index < -0.39 is 28.4 Å². The number of aliphatic hydroxyl groups is 2. The lowest BCUT2D eigenvalue weighted by Crippen LogP contribution is -2.25. The first-order chi connectivity index (χ1) is 17.9. The van der Waals surface area contributed by atoms with Gasteiger partial charge in [-0.2, -0.15) is 8.42 Å². The lowest BCUT2D eigenvalue weighted by atomic mass is 9.88. The fraction of sp³-hybridized carbons (Fsp3) is 0.567. The Balaban J connectivity index is 2.18. The molecule has 0 aromatic heterocycles. The number of aliphatic hydroxyl groups excluding tert-OH is 2. The van der Waals surface area contributed by atoms with Crippen LogP contribution < -0.4 is 0 Å². The normalized spacial score (nSPS) is 23.6. The molecule has 1 fully saturated rings. The van der Waals surface area contributed by atoms with E-state index in [0.29, 0.717) is 25.7 Å². The maximum atomic E-state index is 13.0. The number of aryl methyl sites for hydroxylation is 1. The third-order valence-electron chi connectivity index (χ3n) is 7.02. The SMILES string of the molecule is COC(=O)CCC/C=C\C[C@@H]1[C@@H](/C=C/[C@@H](O)C(C)CC=C(C)C)[C@H](O)C[C@H]1OS(=O)(=O)c1ccc(C)cc1. The van der Waals surface area contributed by atoms with E-state index in [1.165, 1.54) is 24.8 Å². The Labute approximate surface area is 228 Å². The summed E-state index contributed by atoms with van der Waals surface area (Å²) in [5, 5.41) is 21.5. The molecule has 0 aliphatic heterocycles. The number of hydrogen-bond acceptors (Lipinski definition) is 7. The number of hydrogen-bond donors (Lipinski definition) is 2. The Morgan fingerprint density at radius 3 is 2.50 bits per heavy atom. The van der Waals surface area contributed by atoms with E-state index in [0.717, 1.165) is 12.0 Å². The van der Waals surface area contributed by atoms with Gasteiger partial charge in [-0.05, 0) is 70.4 Å². The maximum Gasteiger partial charge on any atom is 0.305 e. The van der Waals surface area contributed by atoms with Gasteiger partial charge in [0, 0.05) is 18.8 Å². The maximum absolute atomic E-state index is 13.0. The summed E-state index contributed by atoms with van der Waals surface area (Å²) in [4.78, 5) is 11.4. The molecule has 7 nitrogen and oxygen atoms in total. The smallest absolute Gasteiger partial charge is 0.305 e. The molecule has 2 rings (SSSR count). The highest BCUT2D eigenvalue weighted by Gasteiger charge is 2.43. The third-order valence-corrected chi connectivity index (χ3v) is 8.37. The van der Waals surface area contributed by atoms with Crippen molar-refractivity contribution in [3.63, 3.8) is 0 Å². The Hall–Kier alpha value is -2.26. The minimum atomic E-state index is -4.02. The van der Waals surface area contributed by atoms with E-state index in [4.69, 9.17) is 4.18 Å². The summed E-state index contributed by atoms with van der Waals surface area (Å²) in [6, 6.07) is 6.48. The molecule has 0 saturated heterocycles. The lowest BCUT2D eigenvalue weighted by Gasteiger charge is -2.23. The number of allylic oxidation sites excluding steroid dienone is 4. The van der Waals surface area contributed by atoms with Gasteiger partial charge >= 0.3 is 5.97 Å². The number of carbonyl (C=O) groups excluding carboxylic acids is 1. The Morgan fingerprint density at radius 1 is 1.18 bits per heavy atom. The van der Waals surface area contributed by atoms with Gasteiger partial charge in [0.1, 0.15) is 0 Å². The van der Waals surface area contributed by atoms with Crippen molar-refractivity contribution in [1.82, 2.24) is 0 Å². The van der Waals surface area contributed by atoms with Crippen LogP contribution in [0.15, 0.2) is 65.1 Å². The van der Waals surface area contributed by atoms with Crippen molar-refractivity contribution in [3.05, 3.63) is 65.8 Å². The molecule has 2 N–H and O–H groups in total. The van der Waals surface area contributed by atoms with E-state index in [2.05, 4.69) is 10.8 Å². The van der Waals surface area contributed by atoms with Crippen LogP contribution in [0.25, 0.3) is 0 Å². The number of carbonyl (C=O) groups is 1. The van der Waals surface area contributed by atoms with Crippen molar-refractivity contribution in [1.29, 1.82) is 0 Å². The lowest BCUT2D eigenvalue weighted by molar-refractivity contribution is -0.140. The van der Waals surface area contributed by atoms with Crippen LogP contribution in [0.4, 0.5) is 0 Å². The monoisotopic (exact) mass is 548 g/mol. The quantitative estimate of drug-likeness (QED) is 0.141. The molecule has 6 atom stereocenters. The molecule has 1 aromatic rings. The molecule has 0 radical (unpaired) electrons. The van der Waals surface area contributed by atoms with Crippen LogP contribution in [0.2, 0.25) is 0 Å². The van der Waals surface area contributed by atoms with E-state index >= 15 is 0 Å². The predicted molar refractivity (Wildman–Crippen MR) is 149 cm³/mol. The van der Waals surface area contributed by atoms with Gasteiger partial charge in [0.05, 0.1) is 30.3 Å². The number of esters is 1. The molecular weight excluding hydrogens is 504 g/mol. The topological polar surface area (TPSA) is 110 Å². The number of rotatable bonds is 14. The van der Waals surface area contributed by atoms with Gasteiger partial charge in [0.25, 0.3) is 10.1 Å². The predicted octanol–water partition coefficient (Wildman–Crippen LogP) is 5.27. The molecule has 1 saturated carbocycles.